The molecule has 6 rings (SSSR count). The van der Waals surface area contributed by atoms with E-state index in [9.17, 15) is 4.39 Å². The second-order valence-electron chi connectivity index (χ2n) is 21.0. The van der Waals surface area contributed by atoms with E-state index in [1.807, 2.05) is 26.0 Å². The number of hydrogen-bond acceptors (Lipinski definition) is 0. The van der Waals surface area contributed by atoms with Crippen LogP contribution in [-0.4, -0.2) is 0 Å². The van der Waals surface area contributed by atoms with Crippen LogP contribution in [0, 0.1) is 53.2 Å². The van der Waals surface area contributed by atoms with Gasteiger partial charge in [0.05, 0.1) is 0 Å². The van der Waals surface area contributed by atoms with Crippen LogP contribution >= 0.6 is 34.8 Å². The van der Waals surface area contributed by atoms with E-state index in [0.717, 1.165) is 52.0 Å². The van der Waals surface area contributed by atoms with Crippen LogP contribution in [0.4, 0.5) is 4.39 Å². The Morgan fingerprint density at radius 1 is 0.484 bits per heavy atom. The Labute approximate surface area is 399 Å². The predicted octanol–water partition coefficient (Wildman–Crippen LogP) is 21.1. The maximum Gasteiger partial charge on any atom is 0.127 e. The molecule has 0 bridgehead atoms. The van der Waals surface area contributed by atoms with E-state index in [1.54, 1.807) is 18.2 Å². The van der Waals surface area contributed by atoms with E-state index < -0.39 is 0 Å². The topological polar surface area (TPSA) is 0 Å². The molecule has 0 aliphatic heterocycles. The van der Waals surface area contributed by atoms with Crippen LogP contribution in [0.15, 0.2) is 66.7 Å². The zero-order chi connectivity index (χ0) is 46.5. The molecule has 0 radical (unpaired) electrons. The van der Waals surface area contributed by atoms with Gasteiger partial charge in [-0.3, -0.25) is 0 Å². The first-order valence-electron chi connectivity index (χ1n) is 25.3. The average Bonchev–Trinajstić information content (AvgIpc) is 3.52. The van der Waals surface area contributed by atoms with Crippen LogP contribution in [0.5, 0.6) is 0 Å². The Bertz CT molecular complexity index is 1470. The molecular formula is C58H94Cl3F. The SMILES string of the molecule is CC(C)C1CCCCC1.CC(C)C1CCCCCC1.CC(C)CC1CCCCC1.CC(C)Cc1c(F)cccc1Cl.CC(C)Cc1ccccc1.CC(C)c1ccc(Cl)cc1Cl. The Balaban J connectivity index is 0.000000373. The van der Waals surface area contributed by atoms with Crippen LogP contribution in [0.2, 0.25) is 15.1 Å². The van der Waals surface area contributed by atoms with Gasteiger partial charge in [-0.25, -0.2) is 4.39 Å². The van der Waals surface area contributed by atoms with Gasteiger partial charge in [0.1, 0.15) is 5.82 Å². The second-order valence-corrected chi connectivity index (χ2v) is 22.2. The molecule has 3 aromatic rings. The summed E-state index contributed by atoms with van der Waals surface area (Å²) in [6.07, 6.45) is 27.3. The van der Waals surface area contributed by atoms with Crippen molar-refractivity contribution < 1.29 is 4.39 Å². The second kappa shape index (κ2) is 34.8. The van der Waals surface area contributed by atoms with Gasteiger partial charge in [-0.2, -0.15) is 0 Å². The van der Waals surface area contributed by atoms with E-state index in [1.165, 1.54) is 127 Å². The van der Waals surface area contributed by atoms with Gasteiger partial charge in [-0.15, -0.1) is 0 Å². The zero-order valence-corrected chi connectivity index (χ0v) is 44.3. The fourth-order valence-electron chi connectivity index (χ4n) is 9.06. The summed E-state index contributed by atoms with van der Waals surface area (Å²) in [5, 5.41) is 1.98. The highest BCUT2D eigenvalue weighted by Gasteiger charge is 2.17. The molecule has 354 valence electrons. The van der Waals surface area contributed by atoms with E-state index in [4.69, 9.17) is 34.8 Å². The minimum atomic E-state index is -0.198. The van der Waals surface area contributed by atoms with Crippen LogP contribution in [-0.2, 0) is 12.8 Å². The zero-order valence-electron chi connectivity index (χ0n) is 42.0. The number of rotatable bonds is 9. The smallest absolute Gasteiger partial charge is 0.127 e. The van der Waals surface area contributed by atoms with Crippen molar-refractivity contribution >= 4 is 34.8 Å². The maximum atomic E-state index is 13.1. The first-order chi connectivity index (χ1) is 29.4. The number of benzene rings is 3. The third-order valence-electron chi connectivity index (χ3n) is 12.7. The molecule has 62 heavy (non-hydrogen) atoms. The van der Waals surface area contributed by atoms with Crippen LogP contribution in [0.3, 0.4) is 0 Å². The molecule has 3 aliphatic rings. The molecule has 0 amide bonds. The molecular weight excluding hydrogens is 822 g/mol. The third-order valence-corrected chi connectivity index (χ3v) is 13.6. The van der Waals surface area contributed by atoms with E-state index >= 15 is 0 Å². The highest BCUT2D eigenvalue weighted by molar-refractivity contribution is 6.35. The van der Waals surface area contributed by atoms with Crippen molar-refractivity contribution in [1.82, 2.24) is 0 Å². The Morgan fingerprint density at radius 2 is 0.952 bits per heavy atom. The van der Waals surface area contributed by atoms with Crippen LogP contribution < -0.4 is 0 Å². The quantitative estimate of drug-likeness (QED) is 0.188. The molecule has 0 N–H and O–H groups in total. The summed E-state index contributed by atoms with van der Waals surface area (Å²) in [6, 6.07) is 21.0. The normalized spacial score (nSPS) is 16.2. The molecule has 0 spiro atoms. The Morgan fingerprint density at radius 3 is 1.35 bits per heavy atom. The van der Waals surface area contributed by atoms with E-state index in [2.05, 4.69) is 99.6 Å². The van der Waals surface area contributed by atoms with Gasteiger partial charge in [0.2, 0.25) is 0 Å². The van der Waals surface area contributed by atoms with Crippen LogP contribution in [0.25, 0.3) is 0 Å². The molecule has 0 aromatic heterocycles. The molecule has 3 saturated carbocycles. The van der Waals surface area contributed by atoms with Gasteiger partial charge in [0.15, 0.2) is 0 Å². The summed E-state index contributed by atoms with van der Waals surface area (Å²) < 4.78 is 13.1. The molecule has 3 fully saturated rings. The maximum absolute atomic E-state index is 13.1. The molecule has 0 nitrogen and oxygen atoms in total. The minimum absolute atomic E-state index is 0.198. The lowest BCUT2D eigenvalue weighted by atomic mass is 9.82. The predicted molar refractivity (Wildman–Crippen MR) is 279 cm³/mol. The number of halogens is 4. The molecule has 3 aromatic carbocycles. The van der Waals surface area contributed by atoms with Crippen LogP contribution in [0.1, 0.15) is 215 Å². The molecule has 0 unspecified atom stereocenters. The largest absolute Gasteiger partial charge is 0.207 e. The first kappa shape index (κ1) is 58.5. The highest BCUT2D eigenvalue weighted by Crippen LogP contribution is 2.31. The fraction of sp³-hybridized carbons (Fsp3) is 0.690. The van der Waals surface area contributed by atoms with Gasteiger partial charge in [-0.05, 0) is 108 Å². The van der Waals surface area contributed by atoms with Gasteiger partial charge in [0, 0.05) is 20.6 Å². The molecule has 0 heterocycles. The molecule has 4 heteroatoms. The highest BCUT2D eigenvalue weighted by atomic mass is 35.5. The summed E-state index contributed by atoms with van der Waals surface area (Å²) >= 11 is 17.5. The van der Waals surface area contributed by atoms with Crippen molar-refractivity contribution in [2.45, 2.75) is 211 Å². The van der Waals surface area contributed by atoms with Gasteiger partial charge in [0.25, 0.3) is 0 Å². The third kappa shape index (κ3) is 28.4. The summed E-state index contributed by atoms with van der Waals surface area (Å²) in [4.78, 5) is 0. The van der Waals surface area contributed by atoms with Crippen molar-refractivity contribution in [3.05, 3.63) is 104 Å². The lowest BCUT2D eigenvalue weighted by molar-refractivity contribution is 0.279. The summed E-state index contributed by atoms with van der Waals surface area (Å²) in [5.74, 6) is 7.42. The van der Waals surface area contributed by atoms with Crippen molar-refractivity contribution in [1.29, 1.82) is 0 Å². The lowest BCUT2D eigenvalue weighted by Crippen LogP contribution is -2.12. The van der Waals surface area contributed by atoms with E-state index in [-0.39, 0.29) is 5.82 Å². The van der Waals surface area contributed by atoms with E-state index in [0.29, 0.717) is 33.9 Å². The van der Waals surface area contributed by atoms with Gasteiger partial charge < -0.3 is 0 Å². The Hall–Kier alpha value is -1.54. The van der Waals surface area contributed by atoms with Crippen molar-refractivity contribution in [2.75, 3.05) is 0 Å². The number of hydrogen-bond donors (Lipinski definition) is 0. The monoisotopic (exact) mass is 915 g/mol. The molecule has 3 aliphatic carbocycles. The van der Waals surface area contributed by atoms with Crippen molar-refractivity contribution in [2.24, 2.45) is 47.3 Å². The lowest BCUT2D eigenvalue weighted by Gasteiger charge is -2.24. The molecule has 0 saturated heterocycles. The minimum Gasteiger partial charge on any atom is -0.207 e. The summed E-state index contributed by atoms with van der Waals surface area (Å²) in [5.41, 5.74) is 3.22. The van der Waals surface area contributed by atoms with Gasteiger partial charge >= 0.3 is 0 Å². The summed E-state index contributed by atoms with van der Waals surface area (Å²) in [6.45, 7) is 26.9. The Kier molecular flexibility index (Phi) is 32.8. The fourth-order valence-corrected chi connectivity index (χ4v) is 9.93. The van der Waals surface area contributed by atoms with Crippen molar-refractivity contribution in [3.63, 3.8) is 0 Å². The summed E-state index contributed by atoms with van der Waals surface area (Å²) in [7, 11) is 0. The van der Waals surface area contributed by atoms with Crippen molar-refractivity contribution in [3.8, 4) is 0 Å². The first-order valence-corrected chi connectivity index (χ1v) is 26.5. The standard InChI is InChI=1S/C10H12ClF.C10H20.C10H14.C10H20.C9H10Cl2.C9H18/c1-7(2)6-8-9(11)4-3-5-10(8)12;2*1-9(2)8-10-6-4-3-5-7-10;1-9(2)10-7-5-3-4-6-8-10;1-6(2)8-4-3-7(10)5-9(8)11;1-8(2)9-6-4-3-5-7-9/h3-5,7H,6H2,1-2H3;9-10H,3-8H2,1-2H3;3-7,9H,8H2,1-2H3;9-10H,3-8H2,1-2H3;3-6H,1-2H3;8-9H,3-7H2,1-2H3. The van der Waals surface area contributed by atoms with Gasteiger partial charge in [-0.1, -0.05) is 263 Å². The molecule has 0 atom stereocenters. The average molecular weight is 917 g/mol.